The Morgan fingerprint density at radius 3 is 2.52 bits per heavy atom. The summed E-state index contributed by atoms with van der Waals surface area (Å²) < 4.78 is 38.5. The Bertz CT molecular complexity index is 1110. The fourth-order valence-electron chi connectivity index (χ4n) is 2.92. The van der Waals surface area contributed by atoms with Gasteiger partial charge >= 0.3 is 6.18 Å². The number of pyridine rings is 1. The van der Waals surface area contributed by atoms with Gasteiger partial charge in [-0.2, -0.15) is 13.2 Å². The summed E-state index contributed by atoms with van der Waals surface area (Å²) in [5, 5.41) is 2.60. The van der Waals surface area contributed by atoms with E-state index in [-0.39, 0.29) is 5.69 Å². The minimum absolute atomic E-state index is 0.233. The number of nitrogens with one attached hydrogen (secondary N) is 1. The number of carbonyl (C=O) groups excluding carboxylic acids is 1. The molecular weight excluding hydrogens is 329 g/mol. The first kappa shape index (κ1) is 15.4. The van der Waals surface area contributed by atoms with Crippen molar-refractivity contribution in [3.05, 3.63) is 77.7 Å². The Morgan fingerprint density at radius 1 is 0.920 bits per heavy atom. The van der Waals surface area contributed by atoms with Gasteiger partial charge in [0.1, 0.15) is 11.4 Å². The molecule has 2 aromatic heterocycles. The highest BCUT2D eigenvalue weighted by atomic mass is 19.4. The third-order valence-corrected chi connectivity index (χ3v) is 4.10. The molecule has 0 aliphatic rings. The van der Waals surface area contributed by atoms with Crippen LogP contribution in [0.4, 0.5) is 13.2 Å². The van der Waals surface area contributed by atoms with Gasteiger partial charge in [0.2, 0.25) is 5.78 Å². The number of rotatable bonds is 2. The largest absolute Gasteiger partial charge is 0.433 e. The van der Waals surface area contributed by atoms with Crippen LogP contribution in [0.5, 0.6) is 0 Å². The zero-order valence-electron chi connectivity index (χ0n) is 12.8. The number of aromatic nitrogens is 2. The van der Waals surface area contributed by atoms with E-state index < -0.39 is 17.7 Å². The van der Waals surface area contributed by atoms with Crippen LogP contribution >= 0.6 is 0 Å². The summed E-state index contributed by atoms with van der Waals surface area (Å²) in [6.45, 7) is 0. The van der Waals surface area contributed by atoms with E-state index in [2.05, 4.69) is 9.97 Å². The fourth-order valence-corrected chi connectivity index (χ4v) is 2.92. The average molecular weight is 340 g/mol. The molecule has 2 aromatic carbocycles. The second-order valence-corrected chi connectivity index (χ2v) is 5.65. The van der Waals surface area contributed by atoms with Crippen LogP contribution < -0.4 is 0 Å². The summed E-state index contributed by atoms with van der Waals surface area (Å²) in [7, 11) is 0. The Hall–Kier alpha value is -3.15. The van der Waals surface area contributed by atoms with Crippen molar-refractivity contribution in [1.82, 2.24) is 9.97 Å². The van der Waals surface area contributed by atoms with Crippen molar-refractivity contribution in [1.29, 1.82) is 0 Å². The summed E-state index contributed by atoms with van der Waals surface area (Å²) in [6, 6.07) is 14.7. The standard InChI is InChI=1S/C19H11F3N2O/c20-19(21,22)16-7-3-6-15(24-16)18(25)14-10-23-17-12-5-2-1-4-11(12)8-9-13(14)17/h1-10,23H. The summed E-state index contributed by atoms with van der Waals surface area (Å²) >= 11 is 0. The molecule has 0 bridgehead atoms. The van der Waals surface area contributed by atoms with Gasteiger partial charge in [-0.15, -0.1) is 0 Å². The predicted octanol–water partition coefficient (Wildman–Crippen LogP) is 4.97. The van der Waals surface area contributed by atoms with Crippen LogP contribution in [0, 0.1) is 0 Å². The number of hydrogen-bond acceptors (Lipinski definition) is 2. The molecule has 1 N–H and O–H groups in total. The highest BCUT2D eigenvalue weighted by Crippen LogP contribution is 2.30. The molecule has 0 amide bonds. The number of carbonyl (C=O) groups is 1. The maximum absolute atomic E-state index is 12.8. The number of halogens is 3. The highest BCUT2D eigenvalue weighted by Gasteiger charge is 2.33. The molecular formula is C19H11F3N2O. The molecule has 6 heteroatoms. The van der Waals surface area contributed by atoms with Gasteiger partial charge in [0.25, 0.3) is 0 Å². The first-order valence-electron chi connectivity index (χ1n) is 7.53. The zero-order chi connectivity index (χ0) is 17.6. The van der Waals surface area contributed by atoms with Gasteiger partial charge in [-0.3, -0.25) is 4.79 Å². The van der Waals surface area contributed by atoms with Crippen molar-refractivity contribution < 1.29 is 18.0 Å². The number of benzene rings is 2. The van der Waals surface area contributed by atoms with Crippen LogP contribution in [-0.2, 0) is 6.18 Å². The molecule has 0 aliphatic heterocycles. The monoisotopic (exact) mass is 340 g/mol. The Kier molecular flexibility index (Phi) is 3.35. The first-order valence-corrected chi connectivity index (χ1v) is 7.53. The van der Waals surface area contributed by atoms with Crippen molar-refractivity contribution >= 4 is 27.5 Å². The molecule has 0 unspecified atom stereocenters. The van der Waals surface area contributed by atoms with Crippen LogP contribution in [0.1, 0.15) is 21.7 Å². The third kappa shape index (κ3) is 2.55. The van der Waals surface area contributed by atoms with Gasteiger partial charge in [-0.25, -0.2) is 4.98 Å². The van der Waals surface area contributed by atoms with E-state index in [9.17, 15) is 18.0 Å². The molecule has 0 spiro atoms. The van der Waals surface area contributed by atoms with Gasteiger partial charge in [-0.1, -0.05) is 42.5 Å². The van der Waals surface area contributed by atoms with Gasteiger partial charge in [0, 0.05) is 22.5 Å². The SMILES string of the molecule is O=C(c1cccc(C(F)(F)F)n1)c1c[nH]c2c1ccc1ccccc12. The van der Waals surface area contributed by atoms with E-state index in [1.54, 1.807) is 6.07 Å². The van der Waals surface area contributed by atoms with E-state index in [1.807, 2.05) is 30.3 Å². The molecule has 0 fully saturated rings. The van der Waals surface area contributed by atoms with Crippen LogP contribution in [-0.4, -0.2) is 15.8 Å². The zero-order valence-corrected chi connectivity index (χ0v) is 12.8. The minimum Gasteiger partial charge on any atom is -0.360 e. The number of ketones is 1. The lowest BCUT2D eigenvalue weighted by atomic mass is 10.0. The highest BCUT2D eigenvalue weighted by molar-refractivity contribution is 6.19. The second kappa shape index (κ2) is 5.44. The molecule has 4 rings (SSSR count). The molecule has 3 nitrogen and oxygen atoms in total. The second-order valence-electron chi connectivity index (χ2n) is 5.65. The molecule has 0 saturated heterocycles. The number of hydrogen-bond donors (Lipinski definition) is 1. The number of nitrogens with zero attached hydrogens (tertiary/aromatic N) is 1. The number of fused-ring (bicyclic) bond motifs is 3. The number of alkyl halides is 3. The third-order valence-electron chi connectivity index (χ3n) is 4.10. The lowest BCUT2D eigenvalue weighted by Crippen LogP contribution is -2.12. The van der Waals surface area contributed by atoms with Crippen LogP contribution in [0.15, 0.2) is 60.8 Å². The van der Waals surface area contributed by atoms with E-state index >= 15 is 0 Å². The normalized spacial score (nSPS) is 12.0. The van der Waals surface area contributed by atoms with Gasteiger partial charge in [-0.05, 0) is 17.5 Å². The summed E-state index contributed by atoms with van der Waals surface area (Å²) in [6.07, 6.45) is -3.08. The smallest absolute Gasteiger partial charge is 0.360 e. The molecule has 0 saturated carbocycles. The van der Waals surface area contributed by atoms with E-state index in [0.29, 0.717) is 10.9 Å². The molecule has 25 heavy (non-hydrogen) atoms. The number of aromatic amines is 1. The van der Waals surface area contributed by atoms with Crippen molar-refractivity contribution in [2.24, 2.45) is 0 Å². The molecule has 124 valence electrons. The van der Waals surface area contributed by atoms with Gasteiger partial charge in [0.15, 0.2) is 0 Å². The lowest BCUT2D eigenvalue weighted by molar-refractivity contribution is -0.141. The quantitative estimate of drug-likeness (QED) is 0.524. The van der Waals surface area contributed by atoms with Crippen LogP contribution in [0.2, 0.25) is 0 Å². The average Bonchev–Trinajstić information content (AvgIpc) is 3.05. The topological polar surface area (TPSA) is 45.8 Å². The van der Waals surface area contributed by atoms with Gasteiger partial charge in [0.05, 0.1) is 5.52 Å². The Balaban J connectivity index is 1.85. The lowest BCUT2D eigenvalue weighted by Gasteiger charge is -2.07. The molecule has 4 aromatic rings. The summed E-state index contributed by atoms with van der Waals surface area (Å²) in [5.41, 5.74) is -0.242. The Morgan fingerprint density at radius 2 is 1.72 bits per heavy atom. The summed E-state index contributed by atoms with van der Waals surface area (Å²) in [4.78, 5) is 19.2. The van der Waals surface area contributed by atoms with Crippen molar-refractivity contribution in [3.63, 3.8) is 0 Å². The van der Waals surface area contributed by atoms with Crippen LogP contribution in [0.25, 0.3) is 21.7 Å². The first-order chi connectivity index (χ1) is 11.9. The summed E-state index contributed by atoms with van der Waals surface area (Å²) in [5.74, 6) is -0.548. The molecule has 2 heterocycles. The van der Waals surface area contributed by atoms with Crippen molar-refractivity contribution in [2.45, 2.75) is 6.18 Å². The maximum atomic E-state index is 12.8. The molecule has 0 atom stereocenters. The Labute approximate surface area is 140 Å². The maximum Gasteiger partial charge on any atom is 0.433 e. The van der Waals surface area contributed by atoms with E-state index in [0.717, 1.165) is 22.4 Å². The molecule has 0 aliphatic carbocycles. The minimum atomic E-state index is -4.59. The number of H-pyrrole nitrogens is 1. The van der Waals surface area contributed by atoms with Crippen LogP contribution in [0.3, 0.4) is 0 Å². The van der Waals surface area contributed by atoms with Crippen molar-refractivity contribution in [3.8, 4) is 0 Å². The van der Waals surface area contributed by atoms with Gasteiger partial charge < -0.3 is 4.98 Å². The molecule has 0 radical (unpaired) electrons. The predicted molar refractivity (Wildman–Crippen MR) is 88.5 cm³/mol. The van der Waals surface area contributed by atoms with E-state index in [1.165, 1.54) is 18.3 Å². The van der Waals surface area contributed by atoms with E-state index in [4.69, 9.17) is 0 Å². The fraction of sp³-hybridized carbons (Fsp3) is 0.0526. The van der Waals surface area contributed by atoms with Crippen molar-refractivity contribution in [2.75, 3.05) is 0 Å².